The van der Waals surface area contributed by atoms with Gasteiger partial charge in [-0.05, 0) is 32.3 Å². The van der Waals surface area contributed by atoms with Gasteiger partial charge in [-0.3, -0.25) is 0 Å². The van der Waals surface area contributed by atoms with E-state index in [0.29, 0.717) is 5.78 Å². The minimum atomic E-state index is 0.526. The number of hydrogen-bond donors (Lipinski definition) is 0. The Bertz CT molecular complexity index is 866. The van der Waals surface area contributed by atoms with Crippen LogP contribution in [0, 0.1) is 6.92 Å². The number of rotatable bonds is 3. The predicted octanol–water partition coefficient (Wildman–Crippen LogP) is 1.84. The van der Waals surface area contributed by atoms with E-state index in [1.807, 2.05) is 19.9 Å². The van der Waals surface area contributed by atoms with E-state index in [1.54, 1.807) is 10.7 Å². The normalized spacial score (nSPS) is 15.2. The van der Waals surface area contributed by atoms with Crippen LogP contribution in [0.5, 0.6) is 0 Å². The Morgan fingerprint density at radius 3 is 2.71 bits per heavy atom. The van der Waals surface area contributed by atoms with E-state index in [9.17, 15) is 0 Å². The predicted molar refractivity (Wildman–Crippen MR) is 89.8 cm³/mol. The Kier molecular flexibility index (Phi) is 3.79. The SMILES string of the molecule is CCc1nc2nnc(-c3ccnc(N4CCCCC4)n3)c(C)n2n1. The highest BCUT2D eigenvalue weighted by Gasteiger charge is 2.17. The van der Waals surface area contributed by atoms with Gasteiger partial charge in [-0.15, -0.1) is 15.3 Å². The van der Waals surface area contributed by atoms with Gasteiger partial charge in [0.15, 0.2) is 5.82 Å². The summed E-state index contributed by atoms with van der Waals surface area (Å²) in [6.07, 6.45) is 6.22. The molecule has 1 fully saturated rings. The summed E-state index contributed by atoms with van der Waals surface area (Å²) in [5.74, 6) is 2.06. The molecule has 3 aromatic heterocycles. The first kappa shape index (κ1) is 14.9. The van der Waals surface area contributed by atoms with Crippen molar-refractivity contribution < 1.29 is 0 Å². The van der Waals surface area contributed by atoms with Gasteiger partial charge in [-0.25, -0.2) is 9.97 Å². The first-order valence-electron chi connectivity index (χ1n) is 8.43. The van der Waals surface area contributed by atoms with Crippen molar-refractivity contribution in [2.45, 2.75) is 39.5 Å². The van der Waals surface area contributed by atoms with Crippen molar-refractivity contribution in [2.24, 2.45) is 0 Å². The molecule has 0 spiro atoms. The fourth-order valence-corrected chi connectivity index (χ4v) is 3.02. The zero-order valence-electron chi connectivity index (χ0n) is 14.0. The van der Waals surface area contributed by atoms with Crippen LogP contribution < -0.4 is 4.90 Å². The maximum atomic E-state index is 4.71. The number of aryl methyl sites for hydroxylation is 2. The molecule has 0 amide bonds. The molecule has 1 aliphatic rings. The summed E-state index contributed by atoms with van der Waals surface area (Å²) in [7, 11) is 0. The summed E-state index contributed by atoms with van der Waals surface area (Å²) in [4.78, 5) is 15.7. The molecule has 124 valence electrons. The smallest absolute Gasteiger partial charge is 0.272 e. The van der Waals surface area contributed by atoms with Crippen LogP contribution in [0.1, 0.15) is 37.7 Å². The Morgan fingerprint density at radius 2 is 1.92 bits per heavy atom. The lowest BCUT2D eigenvalue weighted by molar-refractivity contribution is 0.568. The van der Waals surface area contributed by atoms with Crippen LogP contribution in [0.3, 0.4) is 0 Å². The number of anilines is 1. The summed E-state index contributed by atoms with van der Waals surface area (Å²) in [6, 6.07) is 1.87. The quantitative estimate of drug-likeness (QED) is 0.726. The fraction of sp³-hybridized carbons (Fsp3) is 0.500. The first-order valence-corrected chi connectivity index (χ1v) is 8.43. The van der Waals surface area contributed by atoms with Crippen molar-refractivity contribution in [2.75, 3.05) is 18.0 Å². The van der Waals surface area contributed by atoms with Crippen molar-refractivity contribution in [1.82, 2.24) is 34.8 Å². The molecule has 0 N–H and O–H groups in total. The molecule has 0 radical (unpaired) electrons. The lowest BCUT2D eigenvalue weighted by Crippen LogP contribution is -2.31. The number of fused-ring (bicyclic) bond motifs is 1. The van der Waals surface area contributed by atoms with Crippen molar-refractivity contribution in [3.63, 3.8) is 0 Å². The number of piperidine rings is 1. The number of nitrogens with zero attached hydrogens (tertiary/aromatic N) is 8. The van der Waals surface area contributed by atoms with Crippen molar-refractivity contribution in [3.8, 4) is 11.4 Å². The molecular formula is C16H20N8. The van der Waals surface area contributed by atoms with Crippen molar-refractivity contribution >= 4 is 11.7 Å². The minimum absolute atomic E-state index is 0.526. The number of hydrogen-bond acceptors (Lipinski definition) is 7. The van der Waals surface area contributed by atoms with E-state index in [0.717, 1.165) is 48.4 Å². The Morgan fingerprint density at radius 1 is 1.08 bits per heavy atom. The Labute approximate surface area is 140 Å². The maximum absolute atomic E-state index is 4.71. The molecule has 0 unspecified atom stereocenters. The fourth-order valence-electron chi connectivity index (χ4n) is 3.02. The minimum Gasteiger partial charge on any atom is -0.341 e. The molecule has 4 heterocycles. The monoisotopic (exact) mass is 324 g/mol. The van der Waals surface area contributed by atoms with Gasteiger partial charge in [0.05, 0.1) is 11.4 Å². The molecule has 0 saturated carbocycles. The molecule has 24 heavy (non-hydrogen) atoms. The van der Waals surface area contributed by atoms with Crippen LogP contribution in [-0.2, 0) is 6.42 Å². The van der Waals surface area contributed by atoms with Crippen molar-refractivity contribution in [1.29, 1.82) is 0 Å². The number of aromatic nitrogens is 7. The van der Waals surface area contributed by atoms with Gasteiger partial charge in [0, 0.05) is 25.7 Å². The zero-order chi connectivity index (χ0) is 16.5. The molecule has 8 nitrogen and oxygen atoms in total. The second-order valence-electron chi connectivity index (χ2n) is 6.02. The summed E-state index contributed by atoms with van der Waals surface area (Å²) in [5.41, 5.74) is 2.37. The highest BCUT2D eigenvalue weighted by Crippen LogP contribution is 2.22. The van der Waals surface area contributed by atoms with E-state index in [2.05, 4.69) is 30.2 Å². The van der Waals surface area contributed by atoms with E-state index in [-0.39, 0.29) is 0 Å². The Hall–Kier alpha value is -2.64. The lowest BCUT2D eigenvalue weighted by Gasteiger charge is -2.26. The van der Waals surface area contributed by atoms with Gasteiger partial charge in [0.2, 0.25) is 5.95 Å². The highest BCUT2D eigenvalue weighted by molar-refractivity contribution is 5.58. The molecule has 0 aromatic carbocycles. The third-order valence-electron chi connectivity index (χ3n) is 4.37. The summed E-state index contributed by atoms with van der Waals surface area (Å²) in [5, 5.41) is 13.0. The van der Waals surface area contributed by atoms with Gasteiger partial charge in [0.25, 0.3) is 5.78 Å². The van der Waals surface area contributed by atoms with Crippen LogP contribution in [-0.4, -0.2) is 47.9 Å². The molecule has 0 atom stereocenters. The van der Waals surface area contributed by atoms with E-state index < -0.39 is 0 Å². The van der Waals surface area contributed by atoms with E-state index in [1.165, 1.54) is 19.3 Å². The van der Waals surface area contributed by atoms with Gasteiger partial charge < -0.3 is 4.90 Å². The highest BCUT2D eigenvalue weighted by atomic mass is 15.4. The van der Waals surface area contributed by atoms with Crippen LogP contribution in [0.25, 0.3) is 17.2 Å². The summed E-state index contributed by atoms with van der Waals surface area (Å²) < 4.78 is 1.74. The standard InChI is InChI=1S/C16H20N8/c1-3-13-19-16-21-20-14(11(2)24(16)22-13)12-7-8-17-15(18-12)23-9-5-4-6-10-23/h7-8H,3-6,9-10H2,1-2H3. The largest absolute Gasteiger partial charge is 0.341 e. The van der Waals surface area contributed by atoms with Gasteiger partial charge in [-0.2, -0.15) is 9.50 Å². The third kappa shape index (κ3) is 2.57. The van der Waals surface area contributed by atoms with Crippen LogP contribution in [0.15, 0.2) is 12.3 Å². The second kappa shape index (κ2) is 6.10. The van der Waals surface area contributed by atoms with Crippen LogP contribution in [0.2, 0.25) is 0 Å². The van der Waals surface area contributed by atoms with E-state index in [4.69, 9.17) is 4.98 Å². The average molecular weight is 324 g/mol. The molecule has 0 aliphatic carbocycles. The molecule has 4 rings (SSSR count). The summed E-state index contributed by atoms with van der Waals surface area (Å²) in [6.45, 7) is 6.01. The molecule has 0 bridgehead atoms. The molecule has 1 aliphatic heterocycles. The maximum Gasteiger partial charge on any atom is 0.272 e. The Balaban J connectivity index is 1.75. The molecular weight excluding hydrogens is 304 g/mol. The van der Waals surface area contributed by atoms with Gasteiger partial charge in [-0.1, -0.05) is 6.92 Å². The third-order valence-corrected chi connectivity index (χ3v) is 4.37. The zero-order valence-corrected chi connectivity index (χ0v) is 14.0. The molecule has 3 aromatic rings. The van der Waals surface area contributed by atoms with Crippen molar-refractivity contribution in [3.05, 3.63) is 23.8 Å². The topological polar surface area (TPSA) is 85.0 Å². The van der Waals surface area contributed by atoms with Crippen LogP contribution >= 0.6 is 0 Å². The molecule has 1 saturated heterocycles. The van der Waals surface area contributed by atoms with Crippen LogP contribution in [0.4, 0.5) is 5.95 Å². The summed E-state index contributed by atoms with van der Waals surface area (Å²) >= 11 is 0. The lowest BCUT2D eigenvalue weighted by atomic mass is 10.1. The van der Waals surface area contributed by atoms with E-state index >= 15 is 0 Å². The molecule has 8 heteroatoms. The average Bonchev–Trinajstić information content (AvgIpc) is 3.07. The second-order valence-corrected chi connectivity index (χ2v) is 6.02. The first-order chi connectivity index (χ1) is 11.8. The van der Waals surface area contributed by atoms with Gasteiger partial charge >= 0.3 is 0 Å². The van der Waals surface area contributed by atoms with Gasteiger partial charge in [0.1, 0.15) is 5.69 Å².